The number of primary amides is 1. The SMILES string of the molecule is COc1cc(C(=O)NCC(O)(c2ccccc2)c2cc3c(c(-c4cc(Cl)c(F)cc4F)n2)OC[C@]3(C)C(N)=O)cc2cn(C3CC3)nc12. The standard InChI is InChI=1S/C35H30ClF2N5O5/c1-34(33(39)45)17-48-31-23(34)13-28(41-30(31)22-12-24(36)26(38)14-25(22)37)35(46,20-6-4-3-5-7-20)16-40-32(44)18-10-19-15-43(21-8-9-21)42-29(19)27(11-18)47-2/h3-7,10-15,21,46H,8-9,16-17H2,1-2H3,(H2,39,45)(H,40,44)/t34-,35?/m0/s1. The molecule has 1 saturated carbocycles. The molecular formula is C35H30ClF2N5O5. The molecule has 0 saturated heterocycles. The Balaban J connectivity index is 1.34. The Morgan fingerprint density at radius 3 is 2.60 bits per heavy atom. The van der Waals surface area contributed by atoms with Gasteiger partial charge in [-0.1, -0.05) is 41.9 Å². The molecular weight excluding hydrogens is 644 g/mol. The lowest BCUT2D eigenvalue weighted by atomic mass is 9.80. The van der Waals surface area contributed by atoms with E-state index in [1.165, 1.54) is 13.2 Å². The summed E-state index contributed by atoms with van der Waals surface area (Å²) < 4.78 is 42.8. The summed E-state index contributed by atoms with van der Waals surface area (Å²) in [5.41, 5.74) is 3.44. The molecule has 2 aliphatic rings. The van der Waals surface area contributed by atoms with Crippen molar-refractivity contribution >= 4 is 34.3 Å². The summed E-state index contributed by atoms with van der Waals surface area (Å²) in [6, 6.07) is 15.2. The molecule has 1 aliphatic carbocycles. The first-order valence-electron chi connectivity index (χ1n) is 15.2. The van der Waals surface area contributed by atoms with Crippen LogP contribution >= 0.6 is 11.6 Å². The van der Waals surface area contributed by atoms with E-state index in [0.29, 0.717) is 28.9 Å². The second-order valence-electron chi connectivity index (χ2n) is 12.3. The van der Waals surface area contributed by atoms with E-state index in [9.17, 15) is 19.1 Å². The molecule has 2 aromatic heterocycles. The molecule has 2 amide bonds. The van der Waals surface area contributed by atoms with E-state index < -0.39 is 41.0 Å². The molecule has 0 radical (unpaired) electrons. The highest BCUT2D eigenvalue weighted by Crippen LogP contribution is 2.47. The fraction of sp³-hybridized carbons (Fsp3) is 0.257. The molecule has 246 valence electrons. The first-order chi connectivity index (χ1) is 22.9. The number of benzene rings is 3. The maximum absolute atomic E-state index is 15.3. The van der Waals surface area contributed by atoms with Gasteiger partial charge in [0.25, 0.3) is 5.91 Å². The van der Waals surface area contributed by atoms with E-state index in [1.54, 1.807) is 49.4 Å². The van der Waals surface area contributed by atoms with Crippen LogP contribution in [0.1, 0.15) is 53.0 Å². The van der Waals surface area contributed by atoms with Gasteiger partial charge in [0.2, 0.25) is 5.91 Å². The fourth-order valence-electron chi connectivity index (χ4n) is 5.98. The highest BCUT2D eigenvalue weighted by molar-refractivity contribution is 6.31. The number of hydrogen-bond donors (Lipinski definition) is 3. The van der Waals surface area contributed by atoms with Crippen molar-refractivity contribution in [2.75, 3.05) is 20.3 Å². The van der Waals surface area contributed by atoms with Crippen molar-refractivity contribution in [3.8, 4) is 22.8 Å². The van der Waals surface area contributed by atoms with Crippen molar-refractivity contribution in [2.45, 2.75) is 36.8 Å². The Morgan fingerprint density at radius 1 is 1.17 bits per heavy atom. The average Bonchev–Trinajstić information content (AvgIpc) is 3.75. The molecule has 1 fully saturated rings. The van der Waals surface area contributed by atoms with Crippen LogP contribution in [0.4, 0.5) is 8.78 Å². The zero-order valence-corrected chi connectivity index (χ0v) is 26.6. The molecule has 7 rings (SSSR count). The largest absolute Gasteiger partial charge is 0.494 e. The first kappa shape index (κ1) is 31.5. The number of amides is 2. The molecule has 10 nitrogen and oxygen atoms in total. The summed E-state index contributed by atoms with van der Waals surface area (Å²) in [7, 11) is 1.50. The number of nitrogens with zero attached hydrogens (tertiary/aromatic N) is 3. The zero-order chi connectivity index (χ0) is 34.0. The number of fused-ring (bicyclic) bond motifs is 2. The number of methoxy groups -OCH3 is 1. The molecule has 2 atom stereocenters. The van der Waals surface area contributed by atoms with Gasteiger partial charge in [-0.3, -0.25) is 14.3 Å². The van der Waals surface area contributed by atoms with Crippen LogP contribution in [0.3, 0.4) is 0 Å². The van der Waals surface area contributed by atoms with E-state index in [-0.39, 0.29) is 45.5 Å². The van der Waals surface area contributed by atoms with E-state index in [0.717, 1.165) is 24.3 Å². The lowest BCUT2D eigenvalue weighted by Gasteiger charge is -2.30. The molecule has 5 aromatic rings. The highest BCUT2D eigenvalue weighted by Gasteiger charge is 2.46. The van der Waals surface area contributed by atoms with Gasteiger partial charge in [0.1, 0.15) is 52.0 Å². The van der Waals surface area contributed by atoms with Gasteiger partial charge in [0.15, 0.2) is 0 Å². The van der Waals surface area contributed by atoms with Crippen LogP contribution in [-0.4, -0.2) is 51.9 Å². The normalized spacial score (nSPS) is 18.2. The number of aliphatic hydroxyl groups is 1. The molecule has 0 bridgehead atoms. The van der Waals surface area contributed by atoms with Gasteiger partial charge in [-0.25, -0.2) is 13.8 Å². The molecule has 4 N–H and O–H groups in total. The lowest BCUT2D eigenvalue weighted by molar-refractivity contribution is -0.123. The van der Waals surface area contributed by atoms with Crippen LogP contribution < -0.4 is 20.5 Å². The number of aromatic nitrogens is 3. The van der Waals surface area contributed by atoms with Crippen molar-refractivity contribution in [1.29, 1.82) is 0 Å². The van der Waals surface area contributed by atoms with Gasteiger partial charge in [0.05, 0.1) is 30.4 Å². The van der Waals surface area contributed by atoms with Crippen molar-refractivity contribution < 1.29 is 33.0 Å². The van der Waals surface area contributed by atoms with E-state index in [2.05, 4.69) is 15.4 Å². The van der Waals surface area contributed by atoms with Gasteiger partial charge < -0.3 is 25.6 Å². The maximum atomic E-state index is 15.3. The predicted molar refractivity (Wildman–Crippen MR) is 173 cm³/mol. The van der Waals surface area contributed by atoms with Crippen molar-refractivity contribution in [1.82, 2.24) is 20.1 Å². The second kappa shape index (κ2) is 11.6. The number of rotatable bonds is 9. The van der Waals surface area contributed by atoms with Crippen LogP contribution in [0.15, 0.2) is 66.9 Å². The quantitative estimate of drug-likeness (QED) is 0.183. The minimum Gasteiger partial charge on any atom is -0.494 e. The van der Waals surface area contributed by atoms with Crippen LogP contribution in [0.2, 0.25) is 5.02 Å². The number of nitrogens with two attached hydrogens (primary N) is 1. The van der Waals surface area contributed by atoms with Crippen molar-refractivity contribution in [2.24, 2.45) is 5.73 Å². The number of carbonyl (C=O) groups excluding carboxylic acids is 2. The molecule has 1 unspecified atom stereocenters. The topological polar surface area (TPSA) is 142 Å². The van der Waals surface area contributed by atoms with E-state index in [4.69, 9.17) is 26.8 Å². The minimum atomic E-state index is -2.03. The molecule has 3 aromatic carbocycles. The van der Waals surface area contributed by atoms with Crippen molar-refractivity contribution in [3.05, 3.63) is 106 Å². The summed E-state index contributed by atoms with van der Waals surface area (Å²) in [5, 5.41) is 20.3. The third-order valence-electron chi connectivity index (χ3n) is 9.06. The Labute approximate surface area is 278 Å². The summed E-state index contributed by atoms with van der Waals surface area (Å²) in [6.07, 6.45) is 3.94. The zero-order valence-electron chi connectivity index (χ0n) is 25.9. The van der Waals surface area contributed by atoms with Crippen LogP contribution in [0, 0.1) is 11.6 Å². The van der Waals surface area contributed by atoms with Crippen LogP contribution in [0.25, 0.3) is 22.2 Å². The van der Waals surface area contributed by atoms with Gasteiger partial charge >= 0.3 is 0 Å². The Hall–Kier alpha value is -5.07. The summed E-state index contributed by atoms with van der Waals surface area (Å²) >= 11 is 6.04. The van der Waals surface area contributed by atoms with Gasteiger partial charge in [-0.05, 0) is 49.6 Å². The Morgan fingerprint density at radius 2 is 1.92 bits per heavy atom. The number of pyridine rings is 1. The Bertz CT molecular complexity index is 2120. The number of ether oxygens (including phenoxy) is 2. The predicted octanol–water partition coefficient (Wildman–Crippen LogP) is 5.17. The monoisotopic (exact) mass is 673 g/mol. The molecule has 13 heteroatoms. The van der Waals surface area contributed by atoms with Crippen LogP contribution in [0.5, 0.6) is 11.5 Å². The number of halogens is 3. The van der Waals surface area contributed by atoms with Gasteiger partial charge in [0, 0.05) is 34.3 Å². The summed E-state index contributed by atoms with van der Waals surface area (Å²) in [4.78, 5) is 31.1. The molecule has 3 heterocycles. The number of carbonyl (C=O) groups is 2. The second-order valence-corrected chi connectivity index (χ2v) is 12.7. The van der Waals surface area contributed by atoms with E-state index >= 15 is 4.39 Å². The molecule has 1 aliphatic heterocycles. The third-order valence-corrected chi connectivity index (χ3v) is 9.35. The minimum absolute atomic E-state index is 0.0354. The maximum Gasteiger partial charge on any atom is 0.251 e. The smallest absolute Gasteiger partial charge is 0.251 e. The van der Waals surface area contributed by atoms with Gasteiger partial charge in [-0.15, -0.1) is 0 Å². The fourth-order valence-corrected chi connectivity index (χ4v) is 6.15. The Kier molecular flexibility index (Phi) is 7.60. The van der Waals surface area contributed by atoms with Gasteiger partial charge in [-0.2, -0.15) is 5.10 Å². The molecule has 0 spiro atoms. The summed E-state index contributed by atoms with van der Waals surface area (Å²) in [5.74, 6) is -2.77. The summed E-state index contributed by atoms with van der Waals surface area (Å²) in [6.45, 7) is 0.971. The van der Waals surface area contributed by atoms with Crippen LogP contribution in [-0.2, 0) is 15.8 Å². The third kappa shape index (κ3) is 5.21. The number of hydrogen-bond acceptors (Lipinski definition) is 7. The molecule has 48 heavy (non-hydrogen) atoms. The van der Waals surface area contributed by atoms with Crippen molar-refractivity contribution in [3.63, 3.8) is 0 Å². The average molecular weight is 674 g/mol. The first-order valence-corrected chi connectivity index (χ1v) is 15.6. The lowest BCUT2D eigenvalue weighted by Crippen LogP contribution is -2.43. The number of nitrogens with one attached hydrogen (secondary N) is 1. The van der Waals surface area contributed by atoms with E-state index in [1.807, 2.05) is 10.9 Å². The highest BCUT2D eigenvalue weighted by atomic mass is 35.5.